The summed E-state index contributed by atoms with van der Waals surface area (Å²) in [6.45, 7) is 0. The van der Waals surface area contributed by atoms with Crippen LogP contribution in [0.1, 0.15) is 19.3 Å². The van der Waals surface area contributed by atoms with Gasteiger partial charge in [0, 0.05) is 6.04 Å². The molecule has 0 aromatic heterocycles. The molecule has 0 heterocycles. The quantitative estimate of drug-likeness (QED) is 0.619. The average molecular weight is 285 g/mol. The lowest BCUT2D eigenvalue weighted by Crippen LogP contribution is -2.25. The SMILES string of the molecule is O=C(O)CC(Nc1cccc(Cl)c1[N+](=O)[O-])C1CC1. The summed E-state index contributed by atoms with van der Waals surface area (Å²) < 4.78 is 0. The van der Waals surface area contributed by atoms with Gasteiger partial charge in [-0.2, -0.15) is 0 Å². The molecular weight excluding hydrogens is 272 g/mol. The zero-order chi connectivity index (χ0) is 14.0. The largest absolute Gasteiger partial charge is 0.481 e. The van der Waals surface area contributed by atoms with Crippen LogP contribution in [0.5, 0.6) is 0 Å². The molecule has 1 fully saturated rings. The van der Waals surface area contributed by atoms with Crippen LogP contribution in [-0.2, 0) is 4.79 Å². The first-order valence-electron chi connectivity index (χ1n) is 5.90. The van der Waals surface area contributed by atoms with Gasteiger partial charge >= 0.3 is 11.7 Å². The highest BCUT2D eigenvalue weighted by molar-refractivity contribution is 6.33. The third-order valence-corrected chi connectivity index (χ3v) is 3.40. The number of benzene rings is 1. The summed E-state index contributed by atoms with van der Waals surface area (Å²) in [6, 6.07) is 4.28. The van der Waals surface area contributed by atoms with Gasteiger partial charge in [-0.1, -0.05) is 17.7 Å². The molecule has 1 aliphatic rings. The average Bonchev–Trinajstić information content (AvgIpc) is 3.10. The number of carbonyl (C=O) groups is 1. The molecule has 1 atom stereocenters. The van der Waals surface area contributed by atoms with Gasteiger partial charge in [0.15, 0.2) is 0 Å². The van der Waals surface area contributed by atoms with Crippen molar-refractivity contribution in [2.75, 3.05) is 5.32 Å². The molecule has 102 valence electrons. The summed E-state index contributed by atoms with van der Waals surface area (Å²) in [5.41, 5.74) is 0.0656. The maximum atomic E-state index is 11.0. The number of nitrogens with one attached hydrogen (secondary N) is 1. The van der Waals surface area contributed by atoms with E-state index in [4.69, 9.17) is 16.7 Å². The van der Waals surface area contributed by atoms with Crippen LogP contribution in [0.3, 0.4) is 0 Å². The van der Waals surface area contributed by atoms with Crippen molar-refractivity contribution in [2.45, 2.75) is 25.3 Å². The Hall–Kier alpha value is -1.82. The standard InChI is InChI=1S/C12H13ClN2O4/c13-8-2-1-3-9(12(8)15(18)19)14-10(6-11(16)17)7-4-5-7/h1-3,7,10,14H,4-6H2,(H,16,17). The van der Waals surface area contributed by atoms with Gasteiger partial charge in [-0.15, -0.1) is 0 Å². The highest BCUT2D eigenvalue weighted by Gasteiger charge is 2.34. The minimum Gasteiger partial charge on any atom is -0.481 e. The Kier molecular flexibility index (Phi) is 3.90. The van der Waals surface area contributed by atoms with Gasteiger partial charge in [0.25, 0.3) is 0 Å². The van der Waals surface area contributed by atoms with Crippen LogP contribution in [-0.4, -0.2) is 22.0 Å². The maximum Gasteiger partial charge on any atom is 0.310 e. The Balaban J connectivity index is 2.23. The normalized spacial score (nSPS) is 15.8. The van der Waals surface area contributed by atoms with E-state index < -0.39 is 10.9 Å². The molecule has 0 saturated heterocycles. The van der Waals surface area contributed by atoms with Crippen LogP contribution in [0.4, 0.5) is 11.4 Å². The number of rotatable bonds is 6. The number of hydrogen-bond acceptors (Lipinski definition) is 4. The number of nitro groups is 1. The highest BCUT2D eigenvalue weighted by Crippen LogP contribution is 2.39. The molecule has 0 aliphatic heterocycles. The summed E-state index contributed by atoms with van der Waals surface area (Å²) in [4.78, 5) is 21.3. The van der Waals surface area contributed by atoms with Crippen molar-refractivity contribution in [3.05, 3.63) is 33.3 Å². The van der Waals surface area contributed by atoms with Gasteiger partial charge in [0.2, 0.25) is 0 Å². The molecular formula is C12H13ClN2O4. The third kappa shape index (κ3) is 3.35. The fourth-order valence-electron chi connectivity index (χ4n) is 2.04. The van der Waals surface area contributed by atoms with E-state index in [1.807, 2.05) is 0 Å². The number of aliphatic carboxylic acids is 1. The van der Waals surface area contributed by atoms with E-state index in [2.05, 4.69) is 5.32 Å². The summed E-state index contributed by atoms with van der Waals surface area (Å²) in [7, 11) is 0. The molecule has 0 spiro atoms. The molecule has 1 saturated carbocycles. The summed E-state index contributed by atoms with van der Waals surface area (Å²) >= 11 is 5.81. The number of para-hydroxylation sites is 1. The molecule has 1 unspecified atom stereocenters. The lowest BCUT2D eigenvalue weighted by Gasteiger charge is -2.17. The number of halogens is 1. The predicted octanol–water partition coefficient (Wildman–Crippen LogP) is 2.91. The van der Waals surface area contributed by atoms with Gasteiger partial charge in [-0.05, 0) is 30.9 Å². The molecule has 19 heavy (non-hydrogen) atoms. The molecule has 1 aromatic rings. The highest BCUT2D eigenvalue weighted by atomic mass is 35.5. The fourth-order valence-corrected chi connectivity index (χ4v) is 2.28. The topological polar surface area (TPSA) is 92.5 Å². The van der Waals surface area contributed by atoms with E-state index in [0.29, 0.717) is 0 Å². The second-order valence-corrected chi connectivity index (χ2v) is 4.99. The number of nitrogens with zero attached hydrogens (tertiary/aromatic N) is 1. The van der Waals surface area contributed by atoms with Crippen LogP contribution in [0.2, 0.25) is 5.02 Å². The first-order chi connectivity index (χ1) is 8.99. The number of anilines is 1. The van der Waals surface area contributed by atoms with Crippen LogP contribution in [0, 0.1) is 16.0 Å². The van der Waals surface area contributed by atoms with Crippen LogP contribution in [0.15, 0.2) is 18.2 Å². The smallest absolute Gasteiger partial charge is 0.310 e. The lowest BCUT2D eigenvalue weighted by molar-refractivity contribution is -0.383. The van der Waals surface area contributed by atoms with E-state index in [9.17, 15) is 14.9 Å². The zero-order valence-electron chi connectivity index (χ0n) is 10.0. The molecule has 1 aliphatic carbocycles. The Morgan fingerprint density at radius 3 is 2.79 bits per heavy atom. The van der Waals surface area contributed by atoms with Crippen molar-refractivity contribution in [3.63, 3.8) is 0 Å². The Labute approximate surface area is 114 Å². The van der Waals surface area contributed by atoms with Crippen molar-refractivity contribution < 1.29 is 14.8 Å². The third-order valence-electron chi connectivity index (χ3n) is 3.10. The van der Waals surface area contributed by atoms with Crippen LogP contribution < -0.4 is 5.32 Å². The second-order valence-electron chi connectivity index (χ2n) is 4.58. The second kappa shape index (κ2) is 5.44. The van der Waals surface area contributed by atoms with Crippen molar-refractivity contribution >= 4 is 28.9 Å². The predicted molar refractivity (Wildman–Crippen MR) is 70.5 cm³/mol. The van der Waals surface area contributed by atoms with E-state index in [1.165, 1.54) is 6.07 Å². The lowest BCUT2D eigenvalue weighted by atomic mass is 10.1. The minimum atomic E-state index is -0.922. The van der Waals surface area contributed by atoms with Crippen LogP contribution >= 0.6 is 11.6 Å². The van der Waals surface area contributed by atoms with Crippen molar-refractivity contribution in [1.82, 2.24) is 0 Å². The van der Waals surface area contributed by atoms with E-state index >= 15 is 0 Å². The van der Waals surface area contributed by atoms with Crippen molar-refractivity contribution in [1.29, 1.82) is 0 Å². The minimum absolute atomic E-state index is 0.0415. The summed E-state index contributed by atoms with van der Waals surface area (Å²) in [6.07, 6.45) is 1.83. The maximum absolute atomic E-state index is 11.0. The van der Waals surface area contributed by atoms with Crippen molar-refractivity contribution in [3.8, 4) is 0 Å². The van der Waals surface area contributed by atoms with Crippen LogP contribution in [0.25, 0.3) is 0 Å². The fraction of sp³-hybridized carbons (Fsp3) is 0.417. The van der Waals surface area contributed by atoms with E-state index in [-0.39, 0.29) is 34.8 Å². The number of nitro benzene ring substituents is 1. The summed E-state index contributed by atoms with van der Waals surface area (Å²) in [5, 5.41) is 22.9. The molecule has 0 amide bonds. The first kappa shape index (κ1) is 13.6. The zero-order valence-corrected chi connectivity index (χ0v) is 10.8. The Bertz CT molecular complexity index is 516. The van der Waals surface area contributed by atoms with E-state index in [1.54, 1.807) is 12.1 Å². The number of carboxylic acids is 1. The van der Waals surface area contributed by atoms with Gasteiger partial charge < -0.3 is 10.4 Å². The summed E-state index contributed by atoms with van der Waals surface area (Å²) in [5.74, 6) is -0.663. The van der Waals surface area contributed by atoms with Gasteiger partial charge in [-0.3, -0.25) is 14.9 Å². The van der Waals surface area contributed by atoms with E-state index in [0.717, 1.165) is 12.8 Å². The van der Waals surface area contributed by atoms with Gasteiger partial charge in [-0.25, -0.2) is 0 Å². The van der Waals surface area contributed by atoms with Gasteiger partial charge in [0.1, 0.15) is 10.7 Å². The Morgan fingerprint density at radius 1 is 1.58 bits per heavy atom. The molecule has 7 heteroatoms. The first-order valence-corrected chi connectivity index (χ1v) is 6.28. The van der Waals surface area contributed by atoms with Gasteiger partial charge in [0.05, 0.1) is 11.3 Å². The molecule has 2 N–H and O–H groups in total. The molecule has 0 radical (unpaired) electrons. The molecule has 6 nitrogen and oxygen atoms in total. The number of carboxylic acid groups (broad SMARTS) is 1. The molecule has 0 bridgehead atoms. The number of hydrogen-bond donors (Lipinski definition) is 2. The Morgan fingerprint density at radius 2 is 2.26 bits per heavy atom. The molecule has 2 rings (SSSR count). The molecule has 1 aromatic carbocycles. The monoisotopic (exact) mass is 284 g/mol. The van der Waals surface area contributed by atoms with Crippen molar-refractivity contribution in [2.24, 2.45) is 5.92 Å².